The van der Waals surface area contributed by atoms with E-state index in [1.807, 2.05) is 24.3 Å². The smallest absolute Gasteiger partial charge is 0.119 e. The Labute approximate surface area is 111 Å². The summed E-state index contributed by atoms with van der Waals surface area (Å²) in [4.78, 5) is 2.44. The fourth-order valence-corrected chi connectivity index (χ4v) is 2.30. The summed E-state index contributed by atoms with van der Waals surface area (Å²) < 4.78 is 6.97. The molecule has 2 rings (SSSR count). The molecule has 1 aromatic carbocycles. The van der Waals surface area contributed by atoms with E-state index in [9.17, 15) is 0 Å². The quantitative estimate of drug-likeness (QED) is 0.922. The first-order valence-corrected chi connectivity index (χ1v) is 6.88. The second-order valence-electron chi connectivity index (χ2n) is 4.43. The SMILES string of the molecule is C[C@@H](CN1CCNCC1)Oc1ccc(Br)cc1. The van der Waals surface area contributed by atoms with Gasteiger partial charge < -0.3 is 10.1 Å². The summed E-state index contributed by atoms with van der Waals surface area (Å²) in [6.07, 6.45) is 0.231. The summed E-state index contributed by atoms with van der Waals surface area (Å²) >= 11 is 3.42. The van der Waals surface area contributed by atoms with Crippen LogP contribution in [0.2, 0.25) is 0 Å². The zero-order valence-electron chi connectivity index (χ0n) is 10.2. The molecule has 0 amide bonds. The van der Waals surface area contributed by atoms with E-state index in [-0.39, 0.29) is 6.10 Å². The largest absolute Gasteiger partial charge is 0.489 e. The van der Waals surface area contributed by atoms with Crippen molar-refractivity contribution in [2.24, 2.45) is 0 Å². The molecule has 1 N–H and O–H groups in total. The Morgan fingerprint density at radius 1 is 1.29 bits per heavy atom. The molecule has 4 heteroatoms. The molecule has 1 heterocycles. The molecule has 0 radical (unpaired) electrons. The number of nitrogens with one attached hydrogen (secondary N) is 1. The van der Waals surface area contributed by atoms with Crippen LogP contribution in [-0.2, 0) is 0 Å². The van der Waals surface area contributed by atoms with Gasteiger partial charge in [-0.2, -0.15) is 0 Å². The van der Waals surface area contributed by atoms with Crippen LogP contribution in [0.25, 0.3) is 0 Å². The Balaban J connectivity index is 1.79. The second kappa shape index (κ2) is 6.38. The van der Waals surface area contributed by atoms with Crippen LogP contribution in [0.5, 0.6) is 5.75 Å². The molecule has 1 atom stereocenters. The van der Waals surface area contributed by atoms with Gasteiger partial charge in [-0.1, -0.05) is 15.9 Å². The molecule has 0 bridgehead atoms. The highest BCUT2D eigenvalue weighted by Gasteiger charge is 2.13. The maximum Gasteiger partial charge on any atom is 0.119 e. The molecule has 0 unspecified atom stereocenters. The molecule has 94 valence electrons. The fraction of sp³-hybridized carbons (Fsp3) is 0.538. The summed E-state index contributed by atoms with van der Waals surface area (Å²) in [5.74, 6) is 0.941. The van der Waals surface area contributed by atoms with E-state index >= 15 is 0 Å². The lowest BCUT2D eigenvalue weighted by molar-refractivity contribution is 0.135. The van der Waals surface area contributed by atoms with Crippen LogP contribution < -0.4 is 10.1 Å². The van der Waals surface area contributed by atoms with Gasteiger partial charge in [-0.25, -0.2) is 0 Å². The molecule has 0 saturated carbocycles. The zero-order valence-corrected chi connectivity index (χ0v) is 11.7. The lowest BCUT2D eigenvalue weighted by atomic mass is 10.3. The van der Waals surface area contributed by atoms with Gasteiger partial charge in [0, 0.05) is 37.2 Å². The van der Waals surface area contributed by atoms with Gasteiger partial charge in [-0.05, 0) is 31.2 Å². The van der Waals surface area contributed by atoms with Crippen molar-refractivity contribution in [2.75, 3.05) is 32.7 Å². The summed E-state index contributed by atoms with van der Waals surface area (Å²) in [6.45, 7) is 7.54. The number of piperazine rings is 1. The van der Waals surface area contributed by atoms with Gasteiger partial charge >= 0.3 is 0 Å². The second-order valence-corrected chi connectivity index (χ2v) is 5.35. The number of rotatable bonds is 4. The third kappa shape index (κ3) is 4.30. The minimum absolute atomic E-state index is 0.231. The van der Waals surface area contributed by atoms with E-state index in [0.29, 0.717) is 0 Å². The highest BCUT2D eigenvalue weighted by atomic mass is 79.9. The highest BCUT2D eigenvalue weighted by molar-refractivity contribution is 9.10. The van der Waals surface area contributed by atoms with Crippen molar-refractivity contribution in [3.05, 3.63) is 28.7 Å². The fourth-order valence-electron chi connectivity index (χ4n) is 2.04. The Hall–Kier alpha value is -0.580. The minimum atomic E-state index is 0.231. The van der Waals surface area contributed by atoms with E-state index in [2.05, 4.69) is 33.1 Å². The van der Waals surface area contributed by atoms with Crippen molar-refractivity contribution < 1.29 is 4.74 Å². The van der Waals surface area contributed by atoms with Crippen molar-refractivity contribution in [3.8, 4) is 5.75 Å². The first kappa shape index (κ1) is 12.9. The Bertz CT molecular complexity index is 336. The van der Waals surface area contributed by atoms with Crippen LogP contribution in [0, 0.1) is 0 Å². The maximum atomic E-state index is 5.89. The number of hydrogen-bond acceptors (Lipinski definition) is 3. The van der Waals surface area contributed by atoms with Gasteiger partial charge in [0.25, 0.3) is 0 Å². The molecule has 1 fully saturated rings. The Kier molecular flexibility index (Phi) is 4.83. The molecule has 17 heavy (non-hydrogen) atoms. The highest BCUT2D eigenvalue weighted by Crippen LogP contribution is 2.17. The topological polar surface area (TPSA) is 24.5 Å². The number of halogens is 1. The Morgan fingerprint density at radius 3 is 2.59 bits per heavy atom. The van der Waals surface area contributed by atoms with Gasteiger partial charge in [0.2, 0.25) is 0 Å². The van der Waals surface area contributed by atoms with Gasteiger partial charge in [0.15, 0.2) is 0 Å². The molecule has 0 aromatic heterocycles. The number of hydrogen-bond donors (Lipinski definition) is 1. The summed E-state index contributed by atoms with van der Waals surface area (Å²) in [5, 5.41) is 3.36. The lowest BCUT2D eigenvalue weighted by Gasteiger charge is -2.29. The van der Waals surface area contributed by atoms with Gasteiger partial charge in [-0.3, -0.25) is 4.90 Å². The maximum absolute atomic E-state index is 5.89. The average Bonchev–Trinajstić information content (AvgIpc) is 2.33. The van der Waals surface area contributed by atoms with Gasteiger partial charge in [0.1, 0.15) is 11.9 Å². The molecule has 1 aliphatic rings. The normalized spacial score (nSPS) is 18.9. The average molecular weight is 299 g/mol. The summed E-state index contributed by atoms with van der Waals surface area (Å²) in [5.41, 5.74) is 0. The van der Waals surface area contributed by atoms with Crippen LogP contribution in [0.15, 0.2) is 28.7 Å². The molecular weight excluding hydrogens is 280 g/mol. The summed E-state index contributed by atoms with van der Waals surface area (Å²) in [6, 6.07) is 8.01. The van der Waals surface area contributed by atoms with Crippen molar-refractivity contribution in [3.63, 3.8) is 0 Å². The minimum Gasteiger partial charge on any atom is -0.489 e. The van der Waals surface area contributed by atoms with Crippen LogP contribution in [0.3, 0.4) is 0 Å². The monoisotopic (exact) mass is 298 g/mol. The van der Waals surface area contributed by atoms with Crippen LogP contribution in [0.1, 0.15) is 6.92 Å². The number of benzene rings is 1. The molecule has 3 nitrogen and oxygen atoms in total. The number of ether oxygens (including phenoxy) is 1. The molecule has 1 aromatic rings. The van der Waals surface area contributed by atoms with E-state index in [4.69, 9.17) is 4.74 Å². The molecule has 1 saturated heterocycles. The predicted molar refractivity (Wildman–Crippen MR) is 73.5 cm³/mol. The third-order valence-corrected chi connectivity index (χ3v) is 3.40. The van der Waals surface area contributed by atoms with Crippen molar-refractivity contribution in [1.82, 2.24) is 10.2 Å². The van der Waals surface area contributed by atoms with Crippen LogP contribution in [-0.4, -0.2) is 43.7 Å². The third-order valence-electron chi connectivity index (χ3n) is 2.88. The van der Waals surface area contributed by atoms with E-state index in [1.165, 1.54) is 0 Å². The Morgan fingerprint density at radius 2 is 1.94 bits per heavy atom. The van der Waals surface area contributed by atoms with Crippen molar-refractivity contribution >= 4 is 15.9 Å². The van der Waals surface area contributed by atoms with Crippen molar-refractivity contribution in [1.29, 1.82) is 0 Å². The first-order chi connectivity index (χ1) is 8.24. The molecule has 0 spiro atoms. The molecule has 0 aliphatic carbocycles. The van der Waals surface area contributed by atoms with E-state index in [0.717, 1.165) is 42.9 Å². The standard InChI is InChI=1S/C13H19BrN2O/c1-11(10-16-8-6-15-7-9-16)17-13-4-2-12(14)3-5-13/h2-5,11,15H,6-10H2,1H3/t11-/m0/s1. The number of nitrogens with zero attached hydrogens (tertiary/aromatic N) is 1. The van der Waals surface area contributed by atoms with Crippen molar-refractivity contribution in [2.45, 2.75) is 13.0 Å². The van der Waals surface area contributed by atoms with Crippen LogP contribution >= 0.6 is 15.9 Å². The van der Waals surface area contributed by atoms with Gasteiger partial charge in [-0.15, -0.1) is 0 Å². The van der Waals surface area contributed by atoms with Crippen LogP contribution in [0.4, 0.5) is 0 Å². The predicted octanol–water partition coefficient (Wildman–Crippen LogP) is 2.12. The molecule has 1 aliphatic heterocycles. The zero-order chi connectivity index (χ0) is 12.1. The van der Waals surface area contributed by atoms with E-state index < -0.39 is 0 Å². The summed E-state index contributed by atoms with van der Waals surface area (Å²) in [7, 11) is 0. The van der Waals surface area contributed by atoms with Gasteiger partial charge in [0.05, 0.1) is 0 Å². The lowest BCUT2D eigenvalue weighted by Crippen LogP contribution is -2.46. The first-order valence-electron chi connectivity index (χ1n) is 6.09. The molecular formula is C13H19BrN2O. The van der Waals surface area contributed by atoms with E-state index in [1.54, 1.807) is 0 Å².